The van der Waals surface area contributed by atoms with Gasteiger partial charge < -0.3 is 15.1 Å². The van der Waals surface area contributed by atoms with Crippen LogP contribution in [0.4, 0.5) is 0 Å². The van der Waals surface area contributed by atoms with Crippen LogP contribution in [0.5, 0.6) is 5.75 Å². The number of hydrogen-bond acceptors (Lipinski definition) is 4. The Kier molecular flexibility index (Phi) is 4.83. The van der Waals surface area contributed by atoms with E-state index in [2.05, 4.69) is 17.1 Å². The third kappa shape index (κ3) is 2.95. The zero-order valence-electron chi connectivity index (χ0n) is 15.3. The van der Waals surface area contributed by atoms with Crippen LogP contribution in [0, 0.1) is 0 Å². The molecule has 0 bridgehead atoms. The van der Waals surface area contributed by atoms with Crippen molar-refractivity contribution >= 4 is 17.5 Å². The van der Waals surface area contributed by atoms with Gasteiger partial charge in [-0.1, -0.05) is 42.8 Å². The Morgan fingerprint density at radius 3 is 2.64 bits per heavy atom. The SMILES string of the molecule is CCc1ccc(C2c3c(-c4cc(Cl)ccc4O)n[nH]c3C(=O)N2CCO)cc1. The Bertz CT molecular complexity index is 1030. The number of aromatic hydroxyl groups is 1. The molecule has 0 aliphatic carbocycles. The first kappa shape index (κ1) is 18.5. The highest BCUT2D eigenvalue weighted by atomic mass is 35.5. The highest BCUT2D eigenvalue weighted by molar-refractivity contribution is 6.31. The number of aliphatic hydroxyl groups is 1. The van der Waals surface area contributed by atoms with Crippen LogP contribution < -0.4 is 0 Å². The van der Waals surface area contributed by atoms with Gasteiger partial charge in [0.2, 0.25) is 0 Å². The maximum absolute atomic E-state index is 12.9. The van der Waals surface area contributed by atoms with Crippen LogP contribution in [-0.2, 0) is 6.42 Å². The van der Waals surface area contributed by atoms with E-state index in [0.717, 1.165) is 12.0 Å². The molecular formula is C21H20ClN3O3. The number of carbonyl (C=O) groups excluding carboxylic acids is 1. The number of phenolic OH excluding ortho intramolecular Hbond substituents is 1. The Morgan fingerprint density at radius 2 is 1.96 bits per heavy atom. The molecule has 6 nitrogen and oxygen atoms in total. The van der Waals surface area contributed by atoms with Crippen LogP contribution >= 0.6 is 11.6 Å². The molecule has 1 amide bonds. The number of nitrogens with zero attached hydrogens (tertiary/aromatic N) is 2. The minimum Gasteiger partial charge on any atom is -0.507 e. The summed E-state index contributed by atoms with van der Waals surface area (Å²) in [6.07, 6.45) is 0.919. The van der Waals surface area contributed by atoms with Crippen molar-refractivity contribution in [3.05, 3.63) is 69.9 Å². The number of rotatable bonds is 5. The Balaban J connectivity index is 1.90. The van der Waals surface area contributed by atoms with Gasteiger partial charge in [0.1, 0.15) is 17.1 Å². The Labute approximate surface area is 167 Å². The van der Waals surface area contributed by atoms with Crippen LogP contribution in [0.2, 0.25) is 5.02 Å². The number of fused-ring (bicyclic) bond motifs is 1. The van der Waals surface area contributed by atoms with E-state index >= 15 is 0 Å². The lowest BCUT2D eigenvalue weighted by molar-refractivity contribution is 0.0706. The number of phenols is 1. The molecule has 4 rings (SSSR count). The highest BCUT2D eigenvalue weighted by Crippen LogP contribution is 2.44. The molecular weight excluding hydrogens is 378 g/mol. The summed E-state index contributed by atoms with van der Waals surface area (Å²) in [5.74, 6) is -0.194. The van der Waals surface area contributed by atoms with E-state index in [1.165, 1.54) is 11.6 Å². The minimum absolute atomic E-state index is 0.0341. The summed E-state index contributed by atoms with van der Waals surface area (Å²) in [6, 6.07) is 12.4. The standard InChI is InChI=1S/C21H20ClN3O3/c1-2-12-3-5-13(6-4-12)20-17-18(15-11-14(22)7-8-16(15)27)23-24-19(17)21(28)25(20)9-10-26/h3-8,11,20,26-27H,2,9-10H2,1H3,(H,23,24). The van der Waals surface area contributed by atoms with E-state index in [9.17, 15) is 15.0 Å². The maximum atomic E-state index is 12.9. The molecule has 0 spiro atoms. The third-order valence-electron chi connectivity index (χ3n) is 5.12. The molecule has 3 aromatic rings. The van der Waals surface area contributed by atoms with Crippen molar-refractivity contribution in [3.63, 3.8) is 0 Å². The Hall–Kier alpha value is -2.83. The first-order valence-electron chi connectivity index (χ1n) is 9.13. The van der Waals surface area contributed by atoms with Gasteiger partial charge in [-0.3, -0.25) is 9.89 Å². The van der Waals surface area contributed by atoms with Crippen molar-refractivity contribution in [1.29, 1.82) is 0 Å². The number of aliphatic hydroxyl groups excluding tert-OH is 1. The molecule has 7 heteroatoms. The molecule has 2 aromatic carbocycles. The van der Waals surface area contributed by atoms with Gasteiger partial charge in [0.15, 0.2) is 0 Å². The smallest absolute Gasteiger partial charge is 0.273 e. The summed E-state index contributed by atoms with van der Waals surface area (Å²) in [6.45, 7) is 2.13. The van der Waals surface area contributed by atoms with Gasteiger partial charge in [-0.25, -0.2) is 0 Å². The number of aromatic nitrogens is 2. The van der Waals surface area contributed by atoms with Gasteiger partial charge in [0.05, 0.1) is 12.6 Å². The fourth-order valence-electron chi connectivity index (χ4n) is 3.72. The summed E-state index contributed by atoms with van der Waals surface area (Å²) >= 11 is 6.12. The topological polar surface area (TPSA) is 89.5 Å². The molecule has 0 radical (unpaired) electrons. The number of β-amino-alcohol motifs (C(OH)–C–C–N with tert-alkyl or cyclic N) is 1. The first-order valence-corrected chi connectivity index (χ1v) is 9.50. The molecule has 1 aliphatic rings. The van der Waals surface area contributed by atoms with Crippen molar-refractivity contribution in [2.45, 2.75) is 19.4 Å². The van der Waals surface area contributed by atoms with Crippen molar-refractivity contribution < 1.29 is 15.0 Å². The van der Waals surface area contributed by atoms with E-state index in [-0.39, 0.29) is 24.8 Å². The summed E-state index contributed by atoms with van der Waals surface area (Å²) < 4.78 is 0. The molecule has 2 heterocycles. The van der Waals surface area contributed by atoms with E-state index in [0.29, 0.717) is 27.5 Å². The molecule has 0 saturated carbocycles. The number of carbonyl (C=O) groups is 1. The molecule has 1 atom stereocenters. The quantitative estimate of drug-likeness (QED) is 0.614. The largest absolute Gasteiger partial charge is 0.507 e. The minimum atomic E-state index is -0.410. The number of nitrogens with one attached hydrogen (secondary N) is 1. The number of aryl methyl sites for hydroxylation is 1. The second-order valence-corrected chi connectivity index (χ2v) is 7.18. The van der Waals surface area contributed by atoms with Gasteiger partial charge in [0.25, 0.3) is 5.91 Å². The van der Waals surface area contributed by atoms with Crippen molar-refractivity contribution in [1.82, 2.24) is 15.1 Å². The second-order valence-electron chi connectivity index (χ2n) is 6.74. The fourth-order valence-corrected chi connectivity index (χ4v) is 3.89. The zero-order chi connectivity index (χ0) is 19.8. The summed E-state index contributed by atoms with van der Waals surface area (Å²) in [4.78, 5) is 14.6. The number of hydrogen-bond donors (Lipinski definition) is 3. The number of amides is 1. The van der Waals surface area contributed by atoms with Crippen LogP contribution in [0.1, 0.15) is 40.1 Å². The lowest BCUT2D eigenvalue weighted by atomic mass is 9.95. The molecule has 0 fully saturated rings. The van der Waals surface area contributed by atoms with Gasteiger partial charge in [0, 0.05) is 22.7 Å². The molecule has 1 unspecified atom stereocenters. The molecule has 0 saturated heterocycles. The van der Waals surface area contributed by atoms with Crippen LogP contribution in [0.15, 0.2) is 42.5 Å². The van der Waals surface area contributed by atoms with E-state index < -0.39 is 6.04 Å². The van der Waals surface area contributed by atoms with E-state index in [1.54, 1.807) is 17.0 Å². The van der Waals surface area contributed by atoms with Crippen LogP contribution in [0.25, 0.3) is 11.3 Å². The molecule has 144 valence electrons. The fraction of sp³-hybridized carbons (Fsp3) is 0.238. The normalized spacial score (nSPS) is 15.9. The van der Waals surface area contributed by atoms with Gasteiger partial charge in [-0.05, 0) is 35.7 Å². The van der Waals surface area contributed by atoms with Crippen molar-refractivity contribution in [2.24, 2.45) is 0 Å². The Morgan fingerprint density at radius 1 is 1.21 bits per heavy atom. The van der Waals surface area contributed by atoms with Gasteiger partial charge >= 0.3 is 0 Å². The lowest BCUT2D eigenvalue weighted by Gasteiger charge is -2.25. The average Bonchev–Trinajstić information content (AvgIpc) is 3.24. The summed E-state index contributed by atoms with van der Waals surface area (Å²) in [5, 5.41) is 27.4. The van der Waals surface area contributed by atoms with Crippen molar-refractivity contribution in [2.75, 3.05) is 13.2 Å². The molecule has 3 N–H and O–H groups in total. The average molecular weight is 398 g/mol. The zero-order valence-corrected chi connectivity index (χ0v) is 16.1. The second kappa shape index (κ2) is 7.30. The number of aromatic amines is 1. The van der Waals surface area contributed by atoms with E-state index in [4.69, 9.17) is 11.6 Å². The first-order chi connectivity index (χ1) is 13.5. The number of halogens is 1. The molecule has 28 heavy (non-hydrogen) atoms. The third-order valence-corrected chi connectivity index (χ3v) is 5.36. The predicted molar refractivity (Wildman–Crippen MR) is 106 cm³/mol. The molecule has 1 aromatic heterocycles. The lowest BCUT2D eigenvalue weighted by Crippen LogP contribution is -2.32. The number of benzene rings is 2. The maximum Gasteiger partial charge on any atom is 0.273 e. The highest BCUT2D eigenvalue weighted by Gasteiger charge is 2.42. The van der Waals surface area contributed by atoms with Crippen LogP contribution in [0.3, 0.4) is 0 Å². The molecule has 1 aliphatic heterocycles. The van der Waals surface area contributed by atoms with E-state index in [1.807, 2.05) is 24.3 Å². The summed E-state index contributed by atoms with van der Waals surface area (Å²) in [7, 11) is 0. The van der Waals surface area contributed by atoms with Gasteiger partial charge in [-0.2, -0.15) is 5.10 Å². The monoisotopic (exact) mass is 397 g/mol. The summed E-state index contributed by atoms with van der Waals surface area (Å²) in [5.41, 5.74) is 4.10. The predicted octanol–water partition coefficient (Wildman–Crippen LogP) is 3.54. The number of H-pyrrole nitrogens is 1. The van der Waals surface area contributed by atoms with Gasteiger partial charge in [-0.15, -0.1) is 0 Å². The van der Waals surface area contributed by atoms with Crippen molar-refractivity contribution in [3.8, 4) is 17.0 Å². The van der Waals surface area contributed by atoms with Crippen LogP contribution in [-0.4, -0.2) is 44.4 Å².